The van der Waals surface area contributed by atoms with E-state index < -0.39 is 0 Å². The predicted octanol–water partition coefficient (Wildman–Crippen LogP) is 4.23. The summed E-state index contributed by atoms with van der Waals surface area (Å²) in [6, 6.07) is 16.8. The molecule has 0 N–H and O–H groups in total. The van der Waals surface area contributed by atoms with Crippen molar-refractivity contribution in [2.45, 2.75) is 5.75 Å². The van der Waals surface area contributed by atoms with Gasteiger partial charge in [0.05, 0.1) is 7.11 Å². The largest absolute Gasteiger partial charge is 0.497 e. The number of hydrogen-bond acceptors (Lipinski definition) is 2. The number of rotatable bonds is 4. The van der Waals surface area contributed by atoms with E-state index in [2.05, 4.69) is 42.7 Å². The summed E-state index contributed by atoms with van der Waals surface area (Å²) in [6.07, 6.45) is 2.12. The molecule has 2 heteroatoms. The van der Waals surface area contributed by atoms with E-state index >= 15 is 0 Å². The SMILES string of the molecule is COc1ccc(-c2ccccc2)c(CSC)c1. The van der Waals surface area contributed by atoms with Gasteiger partial charge < -0.3 is 4.74 Å². The molecule has 0 fully saturated rings. The van der Waals surface area contributed by atoms with Crippen LogP contribution < -0.4 is 4.74 Å². The van der Waals surface area contributed by atoms with Gasteiger partial charge in [0, 0.05) is 5.75 Å². The summed E-state index contributed by atoms with van der Waals surface area (Å²) in [6.45, 7) is 0. The summed E-state index contributed by atoms with van der Waals surface area (Å²) >= 11 is 1.83. The monoisotopic (exact) mass is 244 g/mol. The van der Waals surface area contributed by atoms with Crippen LogP contribution >= 0.6 is 11.8 Å². The van der Waals surface area contributed by atoms with Crippen molar-refractivity contribution >= 4 is 11.8 Å². The third-order valence-electron chi connectivity index (χ3n) is 2.70. The van der Waals surface area contributed by atoms with Crippen molar-refractivity contribution in [1.82, 2.24) is 0 Å². The molecule has 2 rings (SSSR count). The van der Waals surface area contributed by atoms with Crippen molar-refractivity contribution in [3.8, 4) is 16.9 Å². The quantitative estimate of drug-likeness (QED) is 0.796. The topological polar surface area (TPSA) is 9.23 Å². The fourth-order valence-corrected chi connectivity index (χ4v) is 2.42. The Labute approximate surface area is 107 Å². The fourth-order valence-electron chi connectivity index (χ4n) is 1.87. The van der Waals surface area contributed by atoms with Gasteiger partial charge in [-0.1, -0.05) is 36.4 Å². The molecule has 0 aliphatic carbocycles. The maximum atomic E-state index is 5.28. The highest BCUT2D eigenvalue weighted by molar-refractivity contribution is 7.97. The van der Waals surface area contributed by atoms with Crippen LogP contribution in [0.5, 0.6) is 5.75 Å². The molecule has 0 aromatic heterocycles. The van der Waals surface area contributed by atoms with E-state index in [1.54, 1.807) is 7.11 Å². The standard InChI is InChI=1S/C15H16OS/c1-16-14-8-9-15(13(10-14)11-17-2)12-6-4-3-5-7-12/h3-10H,11H2,1-2H3. The van der Waals surface area contributed by atoms with Gasteiger partial charge in [0.2, 0.25) is 0 Å². The first-order valence-electron chi connectivity index (χ1n) is 5.56. The van der Waals surface area contributed by atoms with Gasteiger partial charge in [-0.15, -0.1) is 0 Å². The van der Waals surface area contributed by atoms with Crippen molar-refractivity contribution in [3.05, 3.63) is 54.1 Å². The molecule has 0 radical (unpaired) electrons. The second-order valence-electron chi connectivity index (χ2n) is 3.82. The summed E-state index contributed by atoms with van der Waals surface area (Å²) in [5, 5.41) is 0. The molecule has 0 unspecified atom stereocenters. The fraction of sp³-hybridized carbons (Fsp3) is 0.200. The molecule has 2 aromatic rings. The lowest BCUT2D eigenvalue weighted by molar-refractivity contribution is 0.414. The molecule has 88 valence electrons. The summed E-state index contributed by atoms with van der Waals surface area (Å²) < 4.78 is 5.28. The average molecular weight is 244 g/mol. The first-order chi connectivity index (χ1) is 8.35. The van der Waals surface area contributed by atoms with E-state index in [0.29, 0.717) is 0 Å². The Morgan fingerprint density at radius 3 is 2.47 bits per heavy atom. The molecule has 1 nitrogen and oxygen atoms in total. The molecule has 0 spiro atoms. The zero-order valence-electron chi connectivity index (χ0n) is 10.1. The molecular weight excluding hydrogens is 228 g/mol. The zero-order chi connectivity index (χ0) is 12.1. The number of methoxy groups -OCH3 is 1. The van der Waals surface area contributed by atoms with Gasteiger partial charge in [0.1, 0.15) is 5.75 Å². The van der Waals surface area contributed by atoms with Gasteiger partial charge in [-0.3, -0.25) is 0 Å². The molecule has 0 saturated carbocycles. The Kier molecular flexibility index (Phi) is 4.10. The second kappa shape index (κ2) is 5.78. The first kappa shape index (κ1) is 12.1. The number of benzene rings is 2. The lowest BCUT2D eigenvalue weighted by atomic mass is 10.0. The van der Waals surface area contributed by atoms with Crippen molar-refractivity contribution in [2.75, 3.05) is 13.4 Å². The van der Waals surface area contributed by atoms with E-state index in [4.69, 9.17) is 4.74 Å². The van der Waals surface area contributed by atoms with E-state index in [0.717, 1.165) is 11.5 Å². The summed E-state index contributed by atoms with van der Waals surface area (Å²) in [7, 11) is 1.71. The van der Waals surface area contributed by atoms with E-state index in [-0.39, 0.29) is 0 Å². The minimum atomic E-state index is 0.925. The van der Waals surface area contributed by atoms with E-state index in [1.165, 1.54) is 16.7 Å². The zero-order valence-corrected chi connectivity index (χ0v) is 11.0. The minimum absolute atomic E-state index is 0.925. The Balaban J connectivity index is 2.46. The van der Waals surface area contributed by atoms with Crippen LogP contribution in [0.25, 0.3) is 11.1 Å². The van der Waals surface area contributed by atoms with Crippen LogP contribution in [-0.4, -0.2) is 13.4 Å². The minimum Gasteiger partial charge on any atom is -0.497 e. The number of ether oxygens (including phenoxy) is 1. The number of thioether (sulfide) groups is 1. The van der Waals surface area contributed by atoms with Crippen LogP contribution in [-0.2, 0) is 5.75 Å². The van der Waals surface area contributed by atoms with Crippen LogP contribution in [0, 0.1) is 0 Å². The molecule has 0 saturated heterocycles. The molecule has 0 bridgehead atoms. The van der Waals surface area contributed by atoms with Crippen LogP contribution in [0.4, 0.5) is 0 Å². The van der Waals surface area contributed by atoms with Gasteiger partial charge in [-0.25, -0.2) is 0 Å². The van der Waals surface area contributed by atoms with Crippen molar-refractivity contribution in [2.24, 2.45) is 0 Å². The van der Waals surface area contributed by atoms with E-state index in [1.807, 2.05) is 23.9 Å². The van der Waals surface area contributed by atoms with Crippen LogP contribution in [0.1, 0.15) is 5.56 Å². The summed E-state index contributed by atoms with van der Waals surface area (Å²) in [5.41, 5.74) is 3.88. The molecule has 0 heterocycles. The van der Waals surface area contributed by atoms with Crippen LogP contribution in [0.15, 0.2) is 48.5 Å². The molecular formula is C15H16OS. The van der Waals surface area contributed by atoms with Crippen molar-refractivity contribution in [1.29, 1.82) is 0 Å². The van der Waals surface area contributed by atoms with Gasteiger partial charge in [0.25, 0.3) is 0 Å². The second-order valence-corrected chi connectivity index (χ2v) is 4.69. The molecule has 17 heavy (non-hydrogen) atoms. The van der Waals surface area contributed by atoms with Crippen LogP contribution in [0.2, 0.25) is 0 Å². The Morgan fingerprint density at radius 2 is 1.82 bits per heavy atom. The lowest BCUT2D eigenvalue weighted by Crippen LogP contribution is -1.90. The van der Waals surface area contributed by atoms with Crippen LogP contribution in [0.3, 0.4) is 0 Å². The maximum absolute atomic E-state index is 5.28. The smallest absolute Gasteiger partial charge is 0.119 e. The predicted molar refractivity (Wildman–Crippen MR) is 75.6 cm³/mol. The molecule has 0 amide bonds. The van der Waals surface area contributed by atoms with Crippen molar-refractivity contribution < 1.29 is 4.74 Å². The Hall–Kier alpha value is -1.41. The van der Waals surface area contributed by atoms with Gasteiger partial charge in [-0.05, 0) is 35.1 Å². The third-order valence-corrected chi connectivity index (χ3v) is 3.30. The number of hydrogen-bond donors (Lipinski definition) is 0. The van der Waals surface area contributed by atoms with Gasteiger partial charge >= 0.3 is 0 Å². The highest BCUT2D eigenvalue weighted by atomic mass is 32.2. The highest BCUT2D eigenvalue weighted by Crippen LogP contribution is 2.29. The molecule has 0 aliphatic rings. The highest BCUT2D eigenvalue weighted by Gasteiger charge is 2.05. The Morgan fingerprint density at radius 1 is 1.06 bits per heavy atom. The lowest BCUT2D eigenvalue weighted by Gasteiger charge is -2.10. The third kappa shape index (κ3) is 2.83. The van der Waals surface area contributed by atoms with Gasteiger partial charge in [-0.2, -0.15) is 11.8 Å². The molecule has 0 atom stereocenters. The molecule has 0 aliphatic heterocycles. The normalized spacial score (nSPS) is 10.2. The molecule has 2 aromatic carbocycles. The van der Waals surface area contributed by atoms with Crippen molar-refractivity contribution in [3.63, 3.8) is 0 Å². The van der Waals surface area contributed by atoms with E-state index in [9.17, 15) is 0 Å². The summed E-state index contributed by atoms with van der Waals surface area (Å²) in [4.78, 5) is 0. The summed E-state index contributed by atoms with van der Waals surface area (Å²) in [5.74, 6) is 1.93. The first-order valence-corrected chi connectivity index (χ1v) is 6.96. The Bertz CT molecular complexity index is 480. The maximum Gasteiger partial charge on any atom is 0.119 e. The van der Waals surface area contributed by atoms with Gasteiger partial charge in [0.15, 0.2) is 0 Å². The average Bonchev–Trinajstić information content (AvgIpc) is 2.40.